The predicted molar refractivity (Wildman–Crippen MR) is 132 cm³/mol. The summed E-state index contributed by atoms with van der Waals surface area (Å²) in [6.45, 7) is 6.95. The number of nitrogens with zero attached hydrogens (tertiary/aromatic N) is 4. The molecule has 0 aliphatic carbocycles. The molecule has 3 aromatic rings. The number of nitrogens with two attached hydrogens (primary N) is 1. The number of nitrogen functional groups attached to an aromatic ring is 1. The van der Waals surface area contributed by atoms with Gasteiger partial charge in [0.2, 0.25) is 5.95 Å². The highest BCUT2D eigenvalue weighted by Gasteiger charge is 2.27. The Hall–Kier alpha value is -3.46. The number of ether oxygens (including phenoxy) is 1. The number of fused-ring (bicyclic) bond motifs is 1. The molecule has 2 amide bonds. The Bertz CT molecular complexity index is 1180. The van der Waals surface area contributed by atoms with Gasteiger partial charge in [-0.1, -0.05) is 19.9 Å². The smallest absolute Gasteiger partial charge is 0.258 e. The van der Waals surface area contributed by atoms with E-state index >= 15 is 0 Å². The zero-order chi connectivity index (χ0) is 24.2. The number of imidazole rings is 1. The van der Waals surface area contributed by atoms with Gasteiger partial charge in [0.15, 0.2) is 5.65 Å². The Labute approximate surface area is 199 Å². The average Bonchev–Trinajstić information content (AvgIpc) is 3.14. The molecule has 0 spiro atoms. The minimum atomic E-state index is -0.316. The standard InChI is InChI=1S/C25H32N6O3/c1-16-10-17(2)15-30(14-16)24(33)19-12-21-22(27-13-19)31(8-5-9-34-3)25(28-21)29-23(32)18-6-4-7-20(26)11-18/h4,6-7,11-13,16-17H,5,8-10,14-15,26H2,1-3H3,(H,28,29,32). The van der Waals surface area contributed by atoms with Crippen LogP contribution in [0.25, 0.3) is 11.2 Å². The number of aryl methyl sites for hydroxylation is 1. The van der Waals surface area contributed by atoms with E-state index in [2.05, 4.69) is 29.1 Å². The number of piperidine rings is 1. The van der Waals surface area contributed by atoms with Crippen LogP contribution >= 0.6 is 0 Å². The second kappa shape index (κ2) is 10.2. The molecule has 1 fully saturated rings. The van der Waals surface area contributed by atoms with Crippen LogP contribution < -0.4 is 11.1 Å². The Kier molecular flexibility index (Phi) is 7.12. The third-order valence-electron chi connectivity index (χ3n) is 6.09. The van der Waals surface area contributed by atoms with Crippen LogP contribution in [-0.2, 0) is 11.3 Å². The second-order valence-corrected chi connectivity index (χ2v) is 9.24. The largest absolute Gasteiger partial charge is 0.399 e. The summed E-state index contributed by atoms with van der Waals surface area (Å²) < 4.78 is 7.03. The first-order valence-corrected chi connectivity index (χ1v) is 11.7. The first-order valence-electron chi connectivity index (χ1n) is 11.7. The van der Waals surface area contributed by atoms with Crippen LogP contribution in [0.3, 0.4) is 0 Å². The maximum absolute atomic E-state index is 13.2. The lowest BCUT2D eigenvalue weighted by Gasteiger charge is -2.35. The third-order valence-corrected chi connectivity index (χ3v) is 6.09. The molecule has 9 heteroatoms. The molecule has 0 bridgehead atoms. The highest BCUT2D eigenvalue weighted by Crippen LogP contribution is 2.25. The topological polar surface area (TPSA) is 115 Å². The van der Waals surface area contributed by atoms with Crippen molar-refractivity contribution in [3.63, 3.8) is 0 Å². The van der Waals surface area contributed by atoms with Gasteiger partial charge in [0, 0.05) is 50.8 Å². The number of rotatable bonds is 7. The molecule has 180 valence electrons. The van der Waals surface area contributed by atoms with Crippen LogP contribution in [0.5, 0.6) is 0 Å². The molecule has 0 radical (unpaired) electrons. The molecule has 2 atom stereocenters. The molecule has 9 nitrogen and oxygen atoms in total. The highest BCUT2D eigenvalue weighted by atomic mass is 16.5. The van der Waals surface area contributed by atoms with Gasteiger partial charge in [0.05, 0.1) is 5.56 Å². The number of hydrogen-bond acceptors (Lipinski definition) is 6. The van der Waals surface area contributed by atoms with Crippen molar-refractivity contribution >= 4 is 34.6 Å². The molecule has 34 heavy (non-hydrogen) atoms. The summed E-state index contributed by atoms with van der Waals surface area (Å²) in [7, 11) is 1.65. The van der Waals surface area contributed by atoms with E-state index in [1.54, 1.807) is 43.6 Å². The number of anilines is 2. The summed E-state index contributed by atoms with van der Waals surface area (Å²) in [6.07, 6.45) is 3.45. The van der Waals surface area contributed by atoms with E-state index in [9.17, 15) is 9.59 Å². The van der Waals surface area contributed by atoms with Crippen molar-refractivity contribution < 1.29 is 14.3 Å². The van der Waals surface area contributed by atoms with Gasteiger partial charge in [0.25, 0.3) is 11.8 Å². The highest BCUT2D eigenvalue weighted by molar-refractivity contribution is 6.04. The Morgan fingerprint density at radius 2 is 1.94 bits per heavy atom. The van der Waals surface area contributed by atoms with Crippen LogP contribution in [0.2, 0.25) is 0 Å². The van der Waals surface area contributed by atoms with Crippen LogP contribution in [-0.4, -0.2) is 58.1 Å². The Morgan fingerprint density at radius 3 is 2.65 bits per heavy atom. The summed E-state index contributed by atoms with van der Waals surface area (Å²) in [5.41, 5.74) is 8.44. The number of carbonyl (C=O) groups is 2. The van der Waals surface area contributed by atoms with Crippen molar-refractivity contribution in [1.82, 2.24) is 19.4 Å². The number of pyridine rings is 1. The van der Waals surface area contributed by atoms with Crippen LogP contribution in [0.1, 0.15) is 47.4 Å². The molecular formula is C25H32N6O3. The molecule has 1 saturated heterocycles. The monoisotopic (exact) mass is 464 g/mol. The van der Waals surface area contributed by atoms with Crippen molar-refractivity contribution in [2.24, 2.45) is 11.8 Å². The number of methoxy groups -OCH3 is 1. The number of aromatic nitrogens is 3. The van der Waals surface area contributed by atoms with Crippen LogP contribution in [0.4, 0.5) is 11.6 Å². The molecule has 3 N–H and O–H groups in total. The van der Waals surface area contributed by atoms with Crippen molar-refractivity contribution in [2.75, 3.05) is 37.9 Å². The Morgan fingerprint density at radius 1 is 1.18 bits per heavy atom. The molecule has 1 aliphatic heterocycles. The molecule has 2 unspecified atom stereocenters. The fourth-order valence-electron chi connectivity index (χ4n) is 4.67. The van der Waals surface area contributed by atoms with E-state index in [4.69, 9.17) is 10.5 Å². The quantitative estimate of drug-likeness (QED) is 0.409. The summed E-state index contributed by atoms with van der Waals surface area (Å²) in [6, 6.07) is 8.52. The van der Waals surface area contributed by atoms with Crippen LogP contribution in [0.15, 0.2) is 36.5 Å². The summed E-state index contributed by atoms with van der Waals surface area (Å²) in [4.78, 5) is 37.1. The number of nitrogens with one attached hydrogen (secondary N) is 1. The van der Waals surface area contributed by atoms with Crippen molar-refractivity contribution in [3.8, 4) is 0 Å². The summed E-state index contributed by atoms with van der Waals surface area (Å²) in [5.74, 6) is 0.961. The number of hydrogen-bond donors (Lipinski definition) is 2. The lowest BCUT2D eigenvalue weighted by atomic mass is 9.91. The fraction of sp³-hybridized carbons (Fsp3) is 0.440. The van der Waals surface area contributed by atoms with Gasteiger partial charge in [-0.3, -0.25) is 19.5 Å². The maximum Gasteiger partial charge on any atom is 0.258 e. The van der Waals surface area contributed by atoms with E-state index in [0.29, 0.717) is 58.9 Å². The number of likely N-dealkylation sites (tertiary alicyclic amines) is 1. The molecule has 2 aromatic heterocycles. The molecule has 0 saturated carbocycles. The van der Waals surface area contributed by atoms with E-state index in [0.717, 1.165) is 25.9 Å². The van der Waals surface area contributed by atoms with Gasteiger partial charge in [0.1, 0.15) is 5.52 Å². The number of benzene rings is 1. The molecule has 1 aliphatic rings. The van der Waals surface area contributed by atoms with Gasteiger partial charge in [-0.15, -0.1) is 0 Å². The average molecular weight is 465 g/mol. The molecule has 1 aromatic carbocycles. The van der Waals surface area contributed by atoms with Gasteiger partial charge in [-0.05, 0) is 48.9 Å². The normalized spacial score (nSPS) is 18.3. The summed E-state index contributed by atoms with van der Waals surface area (Å²) >= 11 is 0. The first kappa shape index (κ1) is 23.7. The first-order chi connectivity index (χ1) is 16.4. The summed E-state index contributed by atoms with van der Waals surface area (Å²) in [5, 5.41) is 2.88. The van der Waals surface area contributed by atoms with Crippen molar-refractivity contribution in [2.45, 2.75) is 33.2 Å². The van der Waals surface area contributed by atoms with Crippen molar-refractivity contribution in [3.05, 3.63) is 47.7 Å². The van der Waals surface area contributed by atoms with Gasteiger partial charge in [-0.2, -0.15) is 0 Å². The zero-order valence-electron chi connectivity index (χ0n) is 20.0. The van der Waals surface area contributed by atoms with Gasteiger partial charge >= 0.3 is 0 Å². The van der Waals surface area contributed by atoms with E-state index in [-0.39, 0.29) is 11.8 Å². The van der Waals surface area contributed by atoms with E-state index < -0.39 is 0 Å². The zero-order valence-corrected chi connectivity index (χ0v) is 20.0. The molecular weight excluding hydrogens is 432 g/mol. The van der Waals surface area contributed by atoms with Gasteiger partial charge < -0.3 is 15.4 Å². The number of amides is 2. The second-order valence-electron chi connectivity index (χ2n) is 9.24. The maximum atomic E-state index is 13.2. The van der Waals surface area contributed by atoms with Crippen molar-refractivity contribution in [1.29, 1.82) is 0 Å². The number of carbonyl (C=O) groups excluding carboxylic acids is 2. The lowest BCUT2D eigenvalue weighted by molar-refractivity contribution is 0.0623. The molecule has 4 rings (SSSR count). The van der Waals surface area contributed by atoms with E-state index in [1.165, 1.54) is 0 Å². The minimum absolute atomic E-state index is 0.0351. The lowest BCUT2D eigenvalue weighted by Crippen LogP contribution is -2.42. The van der Waals surface area contributed by atoms with E-state index in [1.807, 2.05) is 9.47 Å². The predicted octanol–water partition coefficient (Wildman–Crippen LogP) is 3.42. The SMILES string of the molecule is COCCCn1c(NC(=O)c2cccc(N)c2)nc2cc(C(=O)N3CC(C)CC(C)C3)cnc21. The Balaban J connectivity index is 1.64. The van der Waals surface area contributed by atoms with Gasteiger partial charge in [-0.25, -0.2) is 9.97 Å². The third kappa shape index (κ3) is 5.20. The fourth-order valence-corrected chi connectivity index (χ4v) is 4.67. The van der Waals surface area contributed by atoms with Crippen LogP contribution in [0, 0.1) is 11.8 Å². The minimum Gasteiger partial charge on any atom is -0.399 e. The molecule has 3 heterocycles.